The van der Waals surface area contributed by atoms with E-state index in [1.165, 1.54) is 10.2 Å². The molecule has 1 aromatic carbocycles. The lowest BCUT2D eigenvalue weighted by molar-refractivity contribution is 1.50. The SMILES string of the molecule is Bc1ccc2ncsc2c1. The predicted molar refractivity (Wildman–Crippen MR) is 47.8 cm³/mol. The molecule has 1 heterocycles. The van der Waals surface area contributed by atoms with Crippen LogP contribution in [0.4, 0.5) is 0 Å². The third-order valence-corrected chi connectivity index (χ3v) is 2.28. The number of fused-ring (bicyclic) bond motifs is 1. The molecule has 0 N–H and O–H groups in total. The van der Waals surface area contributed by atoms with Crippen molar-refractivity contribution in [1.29, 1.82) is 0 Å². The zero-order valence-electron chi connectivity index (χ0n) is 5.66. The number of thiazole rings is 1. The van der Waals surface area contributed by atoms with Crippen molar-refractivity contribution in [3.05, 3.63) is 23.7 Å². The molecule has 3 heteroatoms. The van der Waals surface area contributed by atoms with Crippen LogP contribution in [-0.4, -0.2) is 12.8 Å². The molecule has 0 saturated heterocycles. The summed E-state index contributed by atoms with van der Waals surface area (Å²) in [6, 6.07) is 6.30. The van der Waals surface area contributed by atoms with Gasteiger partial charge in [-0.3, -0.25) is 0 Å². The van der Waals surface area contributed by atoms with E-state index >= 15 is 0 Å². The maximum atomic E-state index is 4.18. The molecular formula is C7H6BNS. The average molecular weight is 147 g/mol. The molecule has 0 aliphatic rings. The van der Waals surface area contributed by atoms with Gasteiger partial charge in [-0.25, -0.2) is 4.98 Å². The molecule has 0 unspecified atom stereocenters. The van der Waals surface area contributed by atoms with Crippen LogP contribution in [-0.2, 0) is 0 Å². The molecule has 0 fully saturated rings. The van der Waals surface area contributed by atoms with E-state index in [1.807, 2.05) is 5.51 Å². The monoisotopic (exact) mass is 147 g/mol. The van der Waals surface area contributed by atoms with Crippen molar-refractivity contribution in [1.82, 2.24) is 4.98 Å². The van der Waals surface area contributed by atoms with Crippen LogP contribution < -0.4 is 5.46 Å². The van der Waals surface area contributed by atoms with Crippen molar-refractivity contribution >= 4 is 34.9 Å². The predicted octanol–water partition coefficient (Wildman–Crippen LogP) is 0.555. The molecule has 1 aromatic heterocycles. The topological polar surface area (TPSA) is 12.9 Å². The molecule has 0 atom stereocenters. The van der Waals surface area contributed by atoms with Gasteiger partial charge in [0.25, 0.3) is 0 Å². The standard InChI is InChI=1S/C7H6BNS/c8-5-1-2-6-7(3-5)10-4-9-6/h1-4H,8H2. The Hall–Kier alpha value is -0.825. The fourth-order valence-corrected chi connectivity index (χ4v) is 1.74. The van der Waals surface area contributed by atoms with Gasteiger partial charge in [0.1, 0.15) is 7.85 Å². The van der Waals surface area contributed by atoms with Crippen molar-refractivity contribution in [2.24, 2.45) is 0 Å². The van der Waals surface area contributed by atoms with E-state index in [-0.39, 0.29) is 0 Å². The summed E-state index contributed by atoms with van der Waals surface area (Å²) in [6.07, 6.45) is 0. The molecule has 2 rings (SSSR count). The largest absolute Gasteiger partial charge is 0.245 e. The minimum absolute atomic E-state index is 1.11. The molecule has 1 nitrogen and oxygen atoms in total. The first kappa shape index (κ1) is 5.92. The van der Waals surface area contributed by atoms with Crippen LogP contribution in [0, 0.1) is 0 Å². The van der Waals surface area contributed by atoms with Crippen molar-refractivity contribution in [3.8, 4) is 0 Å². The van der Waals surface area contributed by atoms with Crippen molar-refractivity contribution < 1.29 is 0 Å². The molecule has 0 aliphatic carbocycles. The molecular weight excluding hydrogens is 141 g/mol. The van der Waals surface area contributed by atoms with E-state index in [0.717, 1.165) is 5.52 Å². The molecule has 0 spiro atoms. The fourth-order valence-electron chi connectivity index (χ4n) is 0.962. The van der Waals surface area contributed by atoms with E-state index in [4.69, 9.17) is 0 Å². The molecule has 2 aromatic rings. The van der Waals surface area contributed by atoms with E-state index < -0.39 is 0 Å². The number of benzene rings is 1. The van der Waals surface area contributed by atoms with Gasteiger partial charge in [0.05, 0.1) is 15.7 Å². The number of rotatable bonds is 0. The van der Waals surface area contributed by atoms with Crippen LogP contribution in [0.25, 0.3) is 10.2 Å². The highest BCUT2D eigenvalue weighted by atomic mass is 32.1. The third-order valence-electron chi connectivity index (χ3n) is 1.49. The lowest BCUT2D eigenvalue weighted by atomic mass is 9.97. The van der Waals surface area contributed by atoms with E-state index in [0.29, 0.717) is 0 Å². The van der Waals surface area contributed by atoms with Crippen LogP contribution in [0.15, 0.2) is 23.7 Å². The Morgan fingerprint density at radius 3 is 3.20 bits per heavy atom. The van der Waals surface area contributed by atoms with Gasteiger partial charge < -0.3 is 0 Å². The Morgan fingerprint density at radius 1 is 1.40 bits per heavy atom. The Bertz CT molecular complexity index is 355. The van der Waals surface area contributed by atoms with Gasteiger partial charge in [-0.05, 0) is 12.1 Å². The second kappa shape index (κ2) is 2.09. The molecule has 0 aliphatic heterocycles. The summed E-state index contributed by atoms with van der Waals surface area (Å²) in [6.45, 7) is 0. The summed E-state index contributed by atoms with van der Waals surface area (Å²) in [4.78, 5) is 4.18. The van der Waals surface area contributed by atoms with E-state index in [2.05, 4.69) is 31.0 Å². The van der Waals surface area contributed by atoms with Gasteiger partial charge in [-0.15, -0.1) is 11.3 Å². The summed E-state index contributed by atoms with van der Waals surface area (Å²) in [5.74, 6) is 0. The van der Waals surface area contributed by atoms with Gasteiger partial charge in [0.2, 0.25) is 0 Å². The van der Waals surface area contributed by atoms with Gasteiger partial charge >= 0.3 is 0 Å². The van der Waals surface area contributed by atoms with E-state index in [1.54, 1.807) is 11.3 Å². The molecule has 0 amide bonds. The van der Waals surface area contributed by atoms with Gasteiger partial charge in [-0.2, -0.15) is 0 Å². The zero-order valence-corrected chi connectivity index (χ0v) is 6.48. The number of aromatic nitrogens is 1. The third kappa shape index (κ3) is 0.828. The lowest BCUT2D eigenvalue weighted by Gasteiger charge is -1.88. The molecule has 0 radical (unpaired) electrons. The average Bonchev–Trinajstić information content (AvgIpc) is 2.33. The fraction of sp³-hybridized carbons (Fsp3) is 0. The summed E-state index contributed by atoms with van der Waals surface area (Å²) in [5, 5.41) is 0. The minimum atomic E-state index is 1.11. The Kier molecular flexibility index (Phi) is 1.24. The van der Waals surface area contributed by atoms with Crippen molar-refractivity contribution in [2.45, 2.75) is 0 Å². The maximum Gasteiger partial charge on any atom is 0.139 e. The van der Waals surface area contributed by atoms with Crippen LogP contribution in [0.2, 0.25) is 0 Å². The first-order chi connectivity index (χ1) is 4.86. The normalized spacial score (nSPS) is 10.4. The number of nitrogens with zero attached hydrogens (tertiary/aromatic N) is 1. The number of hydrogen-bond acceptors (Lipinski definition) is 2. The second-order valence-electron chi connectivity index (χ2n) is 2.32. The minimum Gasteiger partial charge on any atom is -0.245 e. The summed E-state index contributed by atoms with van der Waals surface area (Å²) < 4.78 is 1.28. The Labute approximate surface area is 64.1 Å². The van der Waals surface area contributed by atoms with Crippen LogP contribution in [0.5, 0.6) is 0 Å². The summed E-state index contributed by atoms with van der Waals surface area (Å²) in [5.41, 5.74) is 4.29. The Balaban J connectivity index is 2.86. The molecule has 0 saturated carbocycles. The molecule has 10 heavy (non-hydrogen) atoms. The summed E-state index contributed by atoms with van der Waals surface area (Å²) >= 11 is 1.69. The highest BCUT2D eigenvalue weighted by Gasteiger charge is 1.93. The van der Waals surface area contributed by atoms with Crippen molar-refractivity contribution in [3.63, 3.8) is 0 Å². The van der Waals surface area contributed by atoms with E-state index in [9.17, 15) is 0 Å². The van der Waals surface area contributed by atoms with Gasteiger partial charge in [0, 0.05) is 0 Å². The second-order valence-corrected chi connectivity index (χ2v) is 3.21. The van der Waals surface area contributed by atoms with Crippen LogP contribution >= 0.6 is 11.3 Å². The van der Waals surface area contributed by atoms with Gasteiger partial charge in [-0.1, -0.05) is 11.5 Å². The lowest BCUT2D eigenvalue weighted by Crippen LogP contribution is -1.98. The highest BCUT2D eigenvalue weighted by Crippen LogP contribution is 2.14. The quantitative estimate of drug-likeness (QED) is 0.496. The first-order valence-corrected chi connectivity index (χ1v) is 4.04. The molecule has 0 bridgehead atoms. The first-order valence-electron chi connectivity index (χ1n) is 3.16. The maximum absolute atomic E-state index is 4.18. The number of hydrogen-bond donors (Lipinski definition) is 0. The van der Waals surface area contributed by atoms with Gasteiger partial charge in [0.15, 0.2) is 0 Å². The Morgan fingerprint density at radius 2 is 2.30 bits per heavy atom. The van der Waals surface area contributed by atoms with Crippen LogP contribution in [0.1, 0.15) is 0 Å². The summed E-state index contributed by atoms with van der Waals surface area (Å²) in [7, 11) is 2.10. The zero-order chi connectivity index (χ0) is 6.97. The van der Waals surface area contributed by atoms with Crippen LogP contribution in [0.3, 0.4) is 0 Å². The molecule has 48 valence electrons. The smallest absolute Gasteiger partial charge is 0.139 e. The highest BCUT2D eigenvalue weighted by molar-refractivity contribution is 7.16. The van der Waals surface area contributed by atoms with Crippen molar-refractivity contribution in [2.75, 3.05) is 0 Å².